The zero-order chi connectivity index (χ0) is 24.7. The Morgan fingerprint density at radius 3 is 2.56 bits per heavy atom. The fourth-order valence-corrected chi connectivity index (χ4v) is 5.39. The van der Waals surface area contributed by atoms with E-state index >= 15 is 0 Å². The second-order valence-electron chi connectivity index (χ2n) is 9.68. The van der Waals surface area contributed by atoms with Crippen molar-refractivity contribution < 1.29 is 19.0 Å². The number of fused-ring (bicyclic) bond motifs is 2. The molecule has 2 aromatic rings. The number of carbonyl (C=O) groups is 1. The number of hydrogen-bond donors (Lipinski definition) is 2. The van der Waals surface area contributed by atoms with Crippen molar-refractivity contribution in [1.82, 2.24) is 10.6 Å². The fourth-order valence-electron chi connectivity index (χ4n) is 5.13. The van der Waals surface area contributed by atoms with Gasteiger partial charge in [0.15, 0.2) is 11.4 Å². The Kier molecular flexibility index (Phi) is 6.07. The highest BCUT2D eigenvalue weighted by Crippen LogP contribution is 2.36. The van der Waals surface area contributed by atoms with Gasteiger partial charge in [-0.15, -0.1) is 0 Å². The molecule has 2 saturated heterocycles. The van der Waals surface area contributed by atoms with Gasteiger partial charge >= 0.3 is 0 Å². The van der Waals surface area contributed by atoms with Gasteiger partial charge in [0, 0.05) is 6.42 Å². The number of nitrogens with one attached hydrogen (secondary N) is 2. The summed E-state index contributed by atoms with van der Waals surface area (Å²) in [5, 5.41) is 7.40. The van der Waals surface area contributed by atoms with Crippen LogP contribution in [0.15, 0.2) is 76.4 Å². The number of hydrogen-bond acceptors (Lipinski definition) is 7. The summed E-state index contributed by atoms with van der Waals surface area (Å²) < 4.78 is 17.6. The summed E-state index contributed by atoms with van der Waals surface area (Å²) >= 11 is 6.70. The second kappa shape index (κ2) is 9.39. The summed E-state index contributed by atoms with van der Waals surface area (Å²) in [5.74, 6) is 0.0334. The minimum Gasteiger partial charge on any atom is -0.462 e. The number of carbonyl (C=O) groups excluding carboxylic acids is 1. The van der Waals surface area contributed by atoms with Crippen molar-refractivity contribution in [3.05, 3.63) is 77.0 Å². The number of benzene rings is 2. The molecule has 2 fully saturated rings. The van der Waals surface area contributed by atoms with Gasteiger partial charge in [-0.25, -0.2) is 4.99 Å². The summed E-state index contributed by atoms with van der Waals surface area (Å²) in [4.78, 5) is 16.7. The Morgan fingerprint density at radius 1 is 1.00 bits per heavy atom. The smallest absolute Gasteiger partial charge is 0.292 e. The molecule has 0 spiro atoms. The maximum absolute atomic E-state index is 11.9. The highest BCUT2D eigenvalue weighted by molar-refractivity contribution is 6.34. The monoisotopic (exact) mass is 505 g/mol. The number of dihydropyridines is 1. The lowest BCUT2D eigenvalue weighted by atomic mass is 9.99. The molecule has 4 atom stereocenters. The molecule has 0 saturated carbocycles. The molecule has 4 aliphatic heterocycles. The molecule has 0 radical (unpaired) electrons. The molecule has 2 aromatic carbocycles. The molecule has 0 bridgehead atoms. The molecular weight excluding hydrogens is 478 g/mol. The molecule has 36 heavy (non-hydrogen) atoms. The minimum absolute atomic E-state index is 0.0334. The number of ketones is 1. The predicted octanol–water partition coefficient (Wildman–Crippen LogP) is 4.35. The molecule has 6 rings (SSSR count). The van der Waals surface area contributed by atoms with Crippen molar-refractivity contribution in [2.75, 3.05) is 13.2 Å². The number of rotatable bonds is 3. The number of aliphatic imine (C=N–C) groups is 1. The Bertz CT molecular complexity index is 1260. The van der Waals surface area contributed by atoms with E-state index in [4.69, 9.17) is 30.8 Å². The van der Waals surface area contributed by atoms with E-state index in [1.54, 1.807) is 0 Å². The average molecular weight is 506 g/mol. The molecule has 8 heteroatoms. The first kappa shape index (κ1) is 23.3. The molecule has 2 N–H and O–H groups in total. The molecule has 186 valence electrons. The number of allylic oxidation sites excluding steroid dienone is 2. The summed E-state index contributed by atoms with van der Waals surface area (Å²) in [6.45, 7) is 2.58. The molecule has 0 aromatic heterocycles. The van der Waals surface area contributed by atoms with E-state index in [2.05, 4.69) is 47.0 Å². The number of amidine groups is 1. The van der Waals surface area contributed by atoms with Crippen LogP contribution < -0.4 is 10.6 Å². The van der Waals surface area contributed by atoms with E-state index in [1.165, 1.54) is 5.56 Å². The van der Waals surface area contributed by atoms with Crippen molar-refractivity contribution in [2.24, 2.45) is 4.99 Å². The van der Waals surface area contributed by atoms with Gasteiger partial charge in [0.05, 0.1) is 29.1 Å². The third-order valence-corrected chi connectivity index (χ3v) is 7.43. The van der Waals surface area contributed by atoms with Gasteiger partial charge in [0.25, 0.3) is 6.02 Å². The van der Waals surface area contributed by atoms with Crippen molar-refractivity contribution in [2.45, 2.75) is 50.2 Å². The van der Waals surface area contributed by atoms with Crippen LogP contribution in [0, 0.1) is 0 Å². The van der Waals surface area contributed by atoms with Crippen molar-refractivity contribution in [3.8, 4) is 11.1 Å². The SMILES string of the molecule is CC12N=C(OC3CCO[C@@H]4C(=O)COC4CC3)NC1=CC(Cl)=C(c1ccc(-c3ccccc3)cc1)N2. The maximum atomic E-state index is 11.9. The molecule has 0 aliphatic carbocycles. The minimum atomic E-state index is -0.717. The predicted molar refractivity (Wildman–Crippen MR) is 138 cm³/mol. The summed E-state index contributed by atoms with van der Waals surface area (Å²) in [5.41, 5.74) is 4.24. The molecule has 3 unspecified atom stereocenters. The van der Waals surface area contributed by atoms with Crippen LogP contribution in [0.4, 0.5) is 0 Å². The highest BCUT2D eigenvalue weighted by atomic mass is 35.5. The Hall–Kier alpha value is -3.13. The fraction of sp³-hybridized carbons (Fsp3) is 0.357. The van der Waals surface area contributed by atoms with Gasteiger partial charge in [-0.05, 0) is 42.5 Å². The van der Waals surface area contributed by atoms with Crippen molar-refractivity contribution >= 4 is 29.1 Å². The van der Waals surface area contributed by atoms with E-state index in [9.17, 15) is 4.79 Å². The number of halogens is 1. The third kappa shape index (κ3) is 4.43. The van der Waals surface area contributed by atoms with Crippen LogP contribution in [0.25, 0.3) is 16.8 Å². The van der Waals surface area contributed by atoms with Crippen LogP contribution in [0.5, 0.6) is 0 Å². The third-order valence-electron chi connectivity index (χ3n) is 7.13. The standard InChI is InChI=1S/C28H28ClN3O4/c1-28-24(30-27(32-28)36-20-11-12-23-26(34-14-13-20)22(33)16-35-23)15-21(29)25(31-28)19-9-7-18(8-10-19)17-5-3-2-4-6-17/h2-10,15,20,23,26,31H,11-14,16H2,1H3,(H,30,32)/t20?,23?,26-,28?/m1/s1. The molecular formula is C28H28ClN3O4. The lowest BCUT2D eigenvalue weighted by Gasteiger charge is -2.30. The van der Waals surface area contributed by atoms with Gasteiger partial charge in [0.1, 0.15) is 18.8 Å². The lowest BCUT2D eigenvalue weighted by Crippen LogP contribution is -2.43. The zero-order valence-corrected chi connectivity index (χ0v) is 20.8. The van der Waals surface area contributed by atoms with Crippen LogP contribution in [-0.2, 0) is 19.0 Å². The Morgan fingerprint density at radius 2 is 1.75 bits per heavy atom. The van der Waals surface area contributed by atoms with E-state index in [0.29, 0.717) is 30.5 Å². The molecule has 0 amide bonds. The van der Waals surface area contributed by atoms with Crippen LogP contribution in [-0.4, -0.2) is 49.0 Å². The largest absolute Gasteiger partial charge is 0.462 e. The molecule has 4 aliphatic rings. The van der Waals surface area contributed by atoms with E-state index in [-0.39, 0.29) is 24.6 Å². The second-order valence-corrected chi connectivity index (χ2v) is 10.1. The van der Waals surface area contributed by atoms with E-state index < -0.39 is 11.8 Å². The van der Waals surface area contributed by atoms with Gasteiger partial charge in [-0.3, -0.25) is 4.79 Å². The highest BCUT2D eigenvalue weighted by Gasteiger charge is 2.42. The normalized spacial score (nSPS) is 29.7. The van der Waals surface area contributed by atoms with Crippen LogP contribution in [0.2, 0.25) is 0 Å². The zero-order valence-electron chi connectivity index (χ0n) is 20.0. The van der Waals surface area contributed by atoms with Crippen LogP contribution >= 0.6 is 11.6 Å². The average Bonchev–Trinajstić information content (AvgIpc) is 3.38. The number of nitrogens with zero attached hydrogens (tertiary/aromatic N) is 1. The Labute approximate surface area is 215 Å². The van der Waals surface area contributed by atoms with Gasteiger partial charge in [-0.1, -0.05) is 66.2 Å². The first-order valence-electron chi connectivity index (χ1n) is 12.3. The summed E-state index contributed by atoms with van der Waals surface area (Å²) in [6, 6.07) is 19.0. The summed E-state index contributed by atoms with van der Waals surface area (Å²) in [6.07, 6.45) is 3.35. The number of Topliss-reactive ketones (excluding diaryl/α,β-unsaturated/α-hetero) is 1. The first-order valence-corrected chi connectivity index (χ1v) is 12.7. The first-order chi connectivity index (χ1) is 17.5. The Balaban J connectivity index is 1.15. The van der Waals surface area contributed by atoms with Crippen LogP contribution in [0.3, 0.4) is 0 Å². The van der Waals surface area contributed by atoms with Crippen molar-refractivity contribution in [3.63, 3.8) is 0 Å². The lowest BCUT2D eigenvalue weighted by molar-refractivity contribution is -0.128. The van der Waals surface area contributed by atoms with Crippen LogP contribution in [0.1, 0.15) is 31.7 Å². The van der Waals surface area contributed by atoms with Gasteiger partial charge in [0.2, 0.25) is 0 Å². The van der Waals surface area contributed by atoms with E-state index in [1.807, 2.05) is 31.2 Å². The van der Waals surface area contributed by atoms with Gasteiger partial charge < -0.3 is 24.8 Å². The quantitative estimate of drug-likeness (QED) is 0.645. The molecule has 7 nitrogen and oxygen atoms in total. The maximum Gasteiger partial charge on any atom is 0.292 e. The van der Waals surface area contributed by atoms with Gasteiger partial charge in [-0.2, -0.15) is 0 Å². The molecule has 4 heterocycles. The van der Waals surface area contributed by atoms with Crippen molar-refractivity contribution in [1.29, 1.82) is 0 Å². The topological polar surface area (TPSA) is 81.2 Å². The van der Waals surface area contributed by atoms with E-state index in [0.717, 1.165) is 28.9 Å². The summed E-state index contributed by atoms with van der Waals surface area (Å²) in [7, 11) is 0. The number of ether oxygens (including phenoxy) is 3.